The van der Waals surface area contributed by atoms with Gasteiger partial charge in [-0.25, -0.2) is 0 Å². The lowest BCUT2D eigenvalue weighted by molar-refractivity contribution is -0.621. The van der Waals surface area contributed by atoms with Gasteiger partial charge in [0.25, 0.3) is 5.70 Å². The van der Waals surface area contributed by atoms with Crippen molar-refractivity contribution in [1.82, 2.24) is 0 Å². The van der Waals surface area contributed by atoms with Crippen molar-refractivity contribution in [2.75, 3.05) is 7.11 Å². The van der Waals surface area contributed by atoms with Crippen LogP contribution in [0.15, 0.2) is 23.9 Å². The van der Waals surface area contributed by atoms with Crippen molar-refractivity contribution in [2.45, 2.75) is 11.8 Å². The number of rotatable bonds is 3. The summed E-state index contributed by atoms with van der Waals surface area (Å²) in [7, 11) is 1.04. The van der Waals surface area contributed by atoms with E-state index in [1.54, 1.807) is 0 Å². The number of nitrogens with zero attached hydrogens (tertiary/aromatic N) is 2. The molecule has 2 unspecified atom stereocenters. The molecule has 0 aromatic carbocycles. The van der Waals surface area contributed by atoms with Gasteiger partial charge < -0.3 is 9.84 Å². The quantitative estimate of drug-likeness (QED) is 0.393. The van der Waals surface area contributed by atoms with Gasteiger partial charge in [-0.1, -0.05) is 0 Å². The molecule has 0 aromatic heterocycles. The van der Waals surface area contributed by atoms with E-state index in [1.807, 2.05) is 0 Å². The molecule has 0 spiro atoms. The number of allylic oxidation sites excluding steroid dienone is 1. The van der Waals surface area contributed by atoms with Crippen molar-refractivity contribution >= 4 is 0 Å². The minimum atomic E-state index is -2.14. The zero-order valence-electron chi connectivity index (χ0n) is 7.69. The van der Waals surface area contributed by atoms with Crippen LogP contribution in [-0.2, 0) is 4.74 Å². The van der Waals surface area contributed by atoms with E-state index < -0.39 is 27.4 Å². The number of hydrogen-bond acceptors (Lipinski definition) is 6. The predicted octanol–water partition coefficient (Wildman–Crippen LogP) is -0.303. The number of nitro groups is 2. The van der Waals surface area contributed by atoms with Gasteiger partial charge in [-0.05, 0) is 0 Å². The van der Waals surface area contributed by atoms with Crippen molar-refractivity contribution in [3.8, 4) is 0 Å². The minimum absolute atomic E-state index is 0.406. The molecule has 0 fully saturated rings. The largest absolute Gasteiger partial charge is 0.379 e. The summed E-state index contributed by atoms with van der Waals surface area (Å²) in [6.07, 6.45) is 0.865. The molecule has 1 aliphatic carbocycles. The molecule has 0 heterocycles. The molecule has 1 aliphatic rings. The average Bonchev–Trinajstić information content (AvgIpc) is 2.17. The number of aliphatic hydroxyl groups is 1. The van der Waals surface area contributed by atoms with Crippen molar-refractivity contribution < 1.29 is 19.7 Å². The zero-order valence-corrected chi connectivity index (χ0v) is 7.69. The summed E-state index contributed by atoms with van der Waals surface area (Å²) in [5, 5.41) is 30.4. The van der Waals surface area contributed by atoms with Crippen LogP contribution in [0.1, 0.15) is 0 Å². The highest BCUT2D eigenvalue weighted by molar-refractivity contribution is 5.24. The molecule has 0 saturated heterocycles. The number of aliphatic hydroxyl groups excluding tert-OH is 1. The van der Waals surface area contributed by atoms with Gasteiger partial charge in [0, 0.05) is 25.3 Å². The third-order valence-corrected chi connectivity index (χ3v) is 2.07. The standard InChI is InChI=1S/C7H8N2O6/c1-15-7(9(13)14)3-2-5(8(11)12)4-6(7)10/h2-4,6,10H,1H3. The Labute approximate surface area is 83.8 Å². The fourth-order valence-electron chi connectivity index (χ4n) is 1.19. The minimum Gasteiger partial charge on any atom is -0.379 e. The normalized spacial score (nSPS) is 29.7. The summed E-state index contributed by atoms with van der Waals surface area (Å²) in [4.78, 5) is 19.4. The van der Waals surface area contributed by atoms with Crippen molar-refractivity contribution in [1.29, 1.82) is 0 Å². The van der Waals surface area contributed by atoms with Gasteiger partial charge in [-0.3, -0.25) is 20.2 Å². The van der Waals surface area contributed by atoms with E-state index in [9.17, 15) is 25.3 Å². The second kappa shape index (κ2) is 3.75. The van der Waals surface area contributed by atoms with Crippen LogP contribution in [-0.4, -0.2) is 33.9 Å². The Morgan fingerprint density at radius 1 is 1.53 bits per heavy atom. The van der Waals surface area contributed by atoms with Gasteiger partial charge in [-0.15, -0.1) is 0 Å². The summed E-state index contributed by atoms with van der Waals surface area (Å²) in [5.41, 5.74) is -2.54. The van der Waals surface area contributed by atoms with E-state index in [0.717, 1.165) is 25.3 Å². The van der Waals surface area contributed by atoms with Gasteiger partial charge in [0.05, 0.1) is 9.85 Å². The fraction of sp³-hybridized carbons (Fsp3) is 0.429. The SMILES string of the molecule is COC1([N+](=O)[O-])C=CC([N+](=O)[O-])=CC1O. The van der Waals surface area contributed by atoms with Crippen molar-refractivity contribution in [2.24, 2.45) is 0 Å². The molecule has 0 aromatic rings. The first-order valence-corrected chi connectivity index (χ1v) is 3.87. The molecule has 1 rings (SSSR count). The lowest BCUT2D eigenvalue weighted by Crippen LogP contribution is -2.50. The van der Waals surface area contributed by atoms with Gasteiger partial charge in [0.15, 0.2) is 6.10 Å². The Morgan fingerprint density at radius 3 is 2.47 bits per heavy atom. The summed E-state index contributed by atoms with van der Waals surface area (Å²) in [6.45, 7) is 0. The van der Waals surface area contributed by atoms with E-state index in [-0.39, 0.29) is 0 Å². The van der Waals surface area contributed by atoms with Gasteiger partial charge in [0.2, 0.25) is 0 Å². The Balaban J connectivity index is 3.08. The van der Waals surface area contributed by atoms with Crippen LogP contribution in [0.4, 0.5) is 0 Å². The summed E-state index contributed by atoms with van der Waals surface area (Å²) < 4.78 is 4.58. The first-order valence-electron chi connectivity index (χ1n) is 3.87. The third kappa shape index (κ3) is 1.72. The second-order valence-corrected chi connectivity index (χ2v) is 2.84. The number of hydrogen-bond donors (Lipinski definition) is 1. The zero-order chi connectivity index (χ0) is 11.6. The Hall–Kier alpha value is -1.80. The summed E-state index contributed by atoms with van der Waals surface area (Å²) in [6, 6.07) is 0. The van der Waals surface area contributed by atoms with Gasteiger partial charge >= 0.3 is 5.72 Å². The van der Waals surface area contributed by atoms with E-state index in [4.69, 9.17) is 0 Å². The van der Waals surface area contributed by atoms with E-state index in [0.29, 0.717) is 0 Å². The smallest absolute Gasteiger partial charge is 0.374 e. The molecule has 0 aliphatic heterocycles. The molecule has 8 nitrogen and oxygen atoms in total. The molecule has 8 heteroatoms. The summed E-state index contributed by atoms with van der Waals surface area (Å²) in [5.74, 6) is 0. The third-order valence-electron chi connectivity index (χ3n) is 2.07. The van der Waals surface area contributed by atoms with Gasteiger partial charge in [-0.2, -0.15) is 0 Å². The maximum absolute atomic E-state index is 10.7. The molecule has 0 saturated carbocycles. The molecule has 0 amide bonds. The molecule has 1 N–H and O–H groups in total. The van der Waals surface area contributed by atoms with E-state index in [1.165, 1.54) is 0 Å². The van der Waals surface area contributed by atoms with Crippen LogP contribution < -0.4 is 0 Å². The van der Waals surface area contributed by atoms with Crippen LogP contribution in [0.3, 0.4) is 0 Å². The first kappa shape index (κ1) is 11.3. The van der Waals surface area contributed by atoms with Crippen LogP contribution in [0.2, 0.25) is 0 Å². The van der Waals surface area contributed by atoms with Crippen molar-refractivity contribution in [3.05, 3.63) is 44.2 Å². The molecule has 2 atom stereocenters. The molecule has 15 heavy (non-hydrogen) atoms. The maximum atomic E-state index is 10.7. The van der Waals surface area contributed by atoms with E-state index in [2.05, 4.69) is 4.74 Å². The highest BCUT2D eigenvalue weighted by Crippen LogP contribution is 2.25. The molecule has 82 valence electrons. The van der Waals surface area contributed by atoms with E-state index >= 15 is 0 Å². The highest BCUT2D eigenvalue weighted by atomic mass is 16.7. The molecular weight excluding hydrogens is 208 g/mol. The average molecular weight is 216 g/mol. The van der Waals surface area contributed by atoms with Crippen LogP contribution in [0.5, 0.6) is 0 Å². The monoisotopic (exact) mass is 216 g/mol. The Bertz CT molecular complexity index is 362. The maximum Gasteiger partial charge on any atom is 0.374 e. The lowest BCUT2D eigenvalue weighted by atomic mass is 10.0. The highest BCUT2D eigenvalue weighted by Gasteiger charge is 2.50. The van der Waals surface area contributed by atoms with Crippen LogP contribution >= 0.6 is 0 Å². The summed E-state index contributed by atoms with van der Waals surface area (Å²) >= 11 is 0. The number of methoxy groups -OCH3 is 1. The molecular formula is C7H8N2O6. The Morgan fingerprint density at radius 2 is 2.13 bits per heavy atom. The van der Waals surface area contributed by atoms with Gasteiger partial charge in [0.1, 0.15) is 0 Å². The molecule has 0 bridgehead atoms. The fourth-order valence-corrected chi connectivity index (χ4v) is 1.19. The number of ether oxygens (including phenoxy) is 1. The lowest BCUT2D eigenvalue weighted by Gasteiger charge is -2.24. The first-order chi connectivity index (χ1) is 6.94. The van der Waals surface area contributed by atoms with Crippen molar-refractivity contribution in [3.63, 3.8) is 0 Å². The predicted molar refractivity (Wildman–Crippen MR) is 47.0 cm³/mol. The molecule has 0 radical (unpaired) electrons. The second-order valence-electron chi connectivity index (χ2n) is 2.84. The topological polar surface area (TPSA) is 116 Å². The van der Waals surface area contributed by atoms with Crippen LogP contribution in [0.25, 0.3) is 0 Å². The van der Waals surface area contributed by atoms with Crippen LogP contribution in [0, 0.1) is 20.2 Å². The Kier molecular flexibility index (Phi) is 2.82.